The van der Waals surface area contributed by atoms with E-state index in [-0.39, 0.29) is 32.0 Å². The Morgan fingerprint density at radius 1 is 0.608 bits per heavy atom. The van der Waals surface area contributed by atoms with Gasteiger partial charge in [0.2, 0.25) is 0 Å². The molecular formula is C41H79NO8P+. The number of ether oxygens (including phenoxy) is 2. The summed E-state index contributed by atoms with van der Waals surface area (Å²) in [6.07, 6.45) is 35.2. The largest absolute Gasteiger partial charge is 0.472 e. The summed E-state index contributed by atoms with van der Waals surface area (Å²) in [4.78, 5) is 35.2. The minimum atomic E-state index is -4.38. The highest BCUT2D eigenvalue weighted by Gasteiger charge is 2.27. The molecule has 0 spiro atoms. The van der Waals surface area contributed by atoms with Gasteiger partial charge >= 0.3 is 19.8 Å². The van der Waals surface area contributed by atoms with Gasteiger partial charge in [0, 0.05) is 12.8 Å². The number of allylic oxidation sites excluding steroid dienone is 4. The lowest BCUT2D eigenvalue weighted by Gasteiger charge is -2.24. The molecule has 2 unspecified atom stereocenters. The number of phosphoric acid groups is 1. The summed E-state index contributed by atoms with van der Waals surface area (Å²) in [5.41, 5.74) is 0. The van der Waals surface area contributed by atoms with Crippen LogP contribution in [-0.2, 0) is 32.7 Å². The predicted octanol–water partition coefficient (Wildman–Crippen LogP) is 11.2. The molecule has 0 fully saturated rings. The molecule has 0 heterocycles. The molecule has 51 heavy (non-hydrogen) atoms. The molecule has 0 aliphatic heterocycles. The van der Waals surface area contributed by atoms with E-state index in [1.165, 1.54) is 109 Å². The molecule has 0 aliphatic rings. The zero-order chi connectivity index (χ0) is 37.9. The summed E-state index contributed by atoms with van der Waals surface area (Å²) in [5, 5.41) is 0. The number of carbonyl (C=O) groups is 2. The van der Waals surface area contributed by atoms with Crippen LogP contribution >= 0.6 is 7.82 Å². The van der Waals surface area contributed by atoms with E-state index in [4.69, 9.17) is 18.5 Å². The fraction of sp³-hybridized carbons (Fsp3) is 0.854. The first-order chi connectivity index (χ1) is 24.5. The molecule has 0 rings (SSSR count). The molecule has 0 amide bonds. The number of unbranched alkanes of at least 4 members (excludes halogenated alkanes) is 19. The second-order valence-corrected chi connectivity index (χ2v) is 16.5. The van der Waals surface area contributed by atoms with Crippen molar-refractivity contribution in [2.45, 2.75) is 180 Å². The van der Waals surface area contributed by atoms with E-state index in [2.05, 4.69) is 26.0 Å². The number of hydrogen-bond acceptors (Lipinski definition) is 7. The van der Waals surface area contributed by atoms with E-state index < -0.39 is 26.5 Å². The summed E-state index contributed by atoms with van der Waals surface area (Å²) < 4.78 is 34.1. The van der Waals surface area contributed by atoms with Crippen molar-refractivity contribution in [3.8, 4) is 0 Å². The van der Waals surface area contributed by atoms with Crippen LogP contribution in [0.25, 0.3) is 0 Å². The second-order valence-electron chi connectivity index (χ2n) is 15.0. The quantitative estimate of drug-likeness (QED) is 0.0220. The zero-order valence-corrected chi connectivity index (χ0v) is 34.5. The van der Waals surface area contributed by atoms with Crippen LogP contribution in [0, 0.1) is 0 Å². The number of hydrogen-bond donors (Lipinski definition) is 1. The average molecular weight is 745 g/mol. The van der Waals surface area contributed by atoms with Gasteiger partial charge < -0.3 is 18.9 Å². The monoisotopic (exact) mass is 745 g/mol. The first-order valence-electron chi connectivity index (χ1n) is 20.6. The smallest absolute Gasteiger partial charge is 0.462 e. The number of nitrogens with zero attached hydrogens (tertiary/aromatic N) is 1. The van der Waals surface area contributed by atoms with Gasteiger partial charge in [0.05, 0.1) is 27.7 Å². The Morgan fingerprint density at radius 2 is 1.10 bits per heavy atom. The van der Waals surface area contributed by atoms with Crippen molar-refractivity contribution in [2.24, 2.45) is 0 Å². The van der Waals surface area contributed by atoms with E-state index in [1.807, 2.05) is 33.3 Å². The van der Waals surface area contributed by atoms with Crippen molar-refractivity contribution >= 4 is 19.8 Å². The van der Waals surface area contributed by atoms with Crippen molar-refractivity contribution in [2.75, 3.05) is 47.5 Å². The van der Waals surface area contributed by atoms with Gasteiger partial charge in [0.15, 0.2) is 6.10 Å². The third-order valence-corrected chi connectivity index (χ3v) is 9.73. The number of phosphoric ester groups is 1. The number of rotatable bonds is 37. The molecule has 300 valence electrons. The summed E-state index contributed by atoms with van der Waals surface area (Å²) in [6.45, 7) is 4.35. The molecule has 9 nitrogen and oxygen atoms in total. The van der Waals surface area contributed by atoms with E-state index in [0.29, 0.717) is 17.4 Å². The molecule has 2 atom stereocenters. The lowest BCUT2D eigenvalue weighted by molar-refractivity contribution is -0.870. The highest BCUT2D eigenvalue weighted by Crippen LogP contribution is 2.43. The van der Waals surface area contributed by atoms with Gasteiger partial charge in [-0.15, -0.1) is 0 Å². The third kappa shape index (κ3) is 38.0. The van der Waals surface area contributed by atoms with Gasteiger partial charge in [-0.05, 0) is 32.1 Å². The van der Waals surface area contributed by atoms with Crippen LogP contribution in [-0.4, -0.2) is 74.9 Å². The van der Waals surface area contributed by atoms with E-state index in [9.17, 15) is 19.0 Å². The molecule has 10 heteroatoms. The Bertz CT molecular complexity index is 933. The maximum atomic E-state index is 12.6. The Kier molecular flexibility index (Phi) is 33.3. The van der Waals surface area contributed by atoms with Crippen LogP contribution in [0.2, 0.25) is 0 Å². The van der Waals surface area contributed by atoms with E-state index >= 15 is 0 Å². The van der Waals surface area contributed by atoms with Crippen LogP contribution in [0.1, 0.15) is 174 Å². The van der Waals surface area contributed by atoms with Gasteiger partial charge in [-0.25, -0.2) is 4.57 Å². The lowest BCUT2D eigenvalue weighted by atomic mass is 10.0. The first-order valence-corrected chi connectivity index (χ1v) is 22.1. The molecule has 0 aromatic carbocycles. The second kappa shape index (κ2) is 34.3. The first kappa shape index (κ1) is 49.5. The fourth-order valence-electron chi connectivity index (χ4n) is 5.48. The van der Waals surface area contributed by atoms with Gasteiger partial charge in [-0.1, -0.05) is 154 Å². The fourth-order valence-corrected chi connectivity index (χ4v) is 6.22. The van der Waals surface area contributed by atoms with Gasteiger partial charge in [0.25, 0.3) is 0 Å². The predicted molar refractivity (Wildman–Crippen MR) is 211 cm³/mol. The zero-order valence-electron chi connectivity index (χ0n) is 33.6. The van der Waals surface area contributed by atoms with Crippen molar-refractivity contribution in [3.63, 3.8) is 0 Å². The molecule has 0 aromatic rings. The molecule has 0 bridgehead atoms. The van der Waals surface area contributed by atoms with Crippen molar-refractivity contribution in [1.82, 2.24) is 0 Å². The van der Waals surface area contributed by atoms with Crippen molar-refractivity contribution in [3.05, 3.63) is 24.3 Å². The maximum absolute atomic E-state index is 12.6. The highest BCUT2D eigenvalue weighted by molar-refractivity contribution is 7.47. The standard InChI is InChI=1S/C41H78NO8P/c1-6-8-10-12-14-16-18-20-21-22-24-26-28-30-32-34-41(44)50-39(38-49-51(45,46)48-36-35-42(3,4)5)37-47-40(43)33-31-29-27-25-23-19-17-15-13-11-9-7-2/h22,24,28,30,39H,6-21,23,25-27,29,31-38H2,1-5H3/p+1/b24-22-,30-28-. The normalized spacial score (nSPS) is 13.9. The molecule has 0 saturated carbocycles. The van der Waals surface area contributed by atoms with Crippen molar-refractivity contribution < 1.29 is 42.1 Å². The molecule has 0 radical (unpaired) electrons. The summed E-state index contributed by atoms with van der Waals surface area (Å²) >= 11 is 0. The molecule has 0 aromatic heterocycles. The van der Waals surface area contributed by atoms with Gasteiger partial charge in [0.1, 0.15) is 19.8 Å². The van der Waals surface area contributed by atoms with Crippen molar-refractivity contribution in [1.29, 1.82) is 0 Å². The molecule has 0 saturated heterocycles. The van der Waals surface area contributed by atoms with Crippen LogP contribution < -0.4 is 0 Å². The summed E-state index contributed by atoms with van der Waals surface area (Å²) in [7, 11) is 1.45. The number of esters is 2. The van der Waals surface area contributed by atoms with Crippen LogP contribution in [0.5, 0.6) is 0 Å². The topological polar surface area (TPSA) is 108 Å². The van der Waals surface area contributed by atoms with E-state index in [0.717, 1.165) is 32.1 Å². The average Bonchev–Trinajstić information content (AvgIpc) is 3.07. The lowest BCUT2D eigenvalue weighted by Crippen LogP contribution is -2.37. The van der Waals surface area contributed by atoms with Gasteiger partial charge in [-0.2, -0.15) is 0 Å². The summed E-state index contributed by atoms with van der Waals surface area (Å²) in [5.74, 6) is -0.873. The number of carbonyl (C=O) groups excluding carboxylic acids is 2. The van der Waals surface area contributed by atoms with Crippen LogP contribution in [0.3, 0.4) is 0 Å². The Labute approximate surface area is 313 Å². The Balaban J connectivity index is 4.48. The van der Waals surface area contributed by atoms with E-state index in [1.54, 1.807) is 0 Å². The summed E-state index contributed by atoms with van der Waals surface area (Å²) in [6, 6.07) is 0. The minimum Gasteiger partial charge on any atom is -0.462 e. The molecule has 0 aliphatic carbocycles. The maximum Gasteiger partial charge on any atom is 0.472 e. The number of quaternary nitrogens is 1. The number of likely N-dealkylation sites (N-methyl/N-ethyl adjacent to an activating group) is 1. The third-order valence-electron chi connectivity index (χ3n) is 8.75. The molecular weight excluding hydrogens is 665 g/mol. The van der Waals surface area contributed by atoms with Gasteiger partial charge in [-0.3, -0.25) is 18.6 Å². The van der Waals surface area contributed by atoms with Crippen LogP contribution in [0.15, 0.2) is 24.3 Å². The Morgan fingerprint density at radius 3 is 1.63 bits per heavy atom. The minimum absolute atomic E-state index is 0.0243. The highest BCUT2D eigenvalue weighted by atomic mass is 31.2. The molecule has 1 N–H and O–H groups in total. The Hall–Kier alpha value is -1.51. The SMILES string of the molecule is CCCCCCCCCC/C=C\C/C=C\CCC(=O)OC(COC(=O)CCCCCCCCCCCCCC)COP(=O)(O)OCC[N+](C)(C)C. The van der Waals surface area contributed by atoms with Crippen LogP contribution in [0.4, 0.5) is 0 Å².